The molecule has 0 saturated heterocycles. The van der Waals surface area contributed by atoms with Crippen molar-refractivity contribution in [3.63, 3.8) is 0 Å². The Balaban J connectivity index is 2.16. The van der Waals surface area contributed by atoms with Gasteiger partial charge in [0, 0.05) is 6.04 Å². The Morgan fingerprint density at radius 1 is 1.40 bits per heavy atom. The van der Waals surface area contributed by atoms with E-state index in [2.05, 4.69) is 22.6 Å². The van der Waals surface area contributed by atoms with Crippen molar-refractivity contribution >= 4 is 16.8 Å². The van der Waals surface area contributed by atoms with Crippen molar-refractivity contribution in [1.29, 1.82) is 0 Å². The third kappa shape index (κ3) is 3.20. The zero-order valence-corrected chi connectivity index (χ0v) is 11.7. The maximum atomic E-state index is 12.2. The van der Waals surface area contributed by atoms with Gasteiger partial charge in [-0.05, 0) is 25.5 Å². The van der Waals surface area contributed by atoms with Crippen molar-refractivity contribution in [2.45, 2.75) is 39.3 Å². The fourth-order valence-electron chi connectivity index (χ4n) is 2.09. The lowest BCUT2D eigenvalue weighted by atomic mass is 10.2. The van der Waals surface area contributed by atoms with E-state index in [-0.39, 0.29) is 24.1 Å². The van der Waals surface area contributed by atoms with Gasteiger partial charge in [-0.2, -0.15) is 0 Å². The van der Waals surface area contributed by atoms with E-state index in [1.807, 2.05) is 6.92 Å². The van der Waals surface area contributed by atoms with Gasteiger partial charge in [0.15, 0.2) is 0 Å². The lowest BCUT2D eigenvalue weighted by Gasteiger charge is -2.12. The Hall–Kier alpha value is -2.24. The fraction of sp³-hybridized carbons (Fsp3) is 0.429. The molecule has 1 N–H and O–H groups in total. The first kappa shape index (κ1) is 14.2. The lowest BCUT2D eigenvalue weighted by Crippen LogP contribution is -2.38. The van der Waals surface area contributed by atoms with Crippen LogP contribution in [0.4, 0.5) is 0 Å². The molecule has 0 radical (unpaired) electrons. The second kappa shape index (κ2) is 6.27. The van der Waals surface area contributed by atoms with Crippen LogP contribution < -0.4 is 10.9 Å². The third-order valence-corrected chi connectivity index (χ3v) is 3.05. The normalized spacial score (nSPS) is 12.3. The molecule has 106 valence electrons. The predicted octanol–water partition coefficient (Wildman–Crippen LogP) is 1.10. The van der Waals surface area contributed by atoms with E-state index >= 15 is 0 Å². The smallest absolute Gasteiger partial charge is 0.278 e. The SMILES string of the molecule is CCC[C@H](C)NC(=O)Cn1nnc2ccccc2c1=O. The quantitative estimate of drug-likeness (QED) is 0.885. The zero-order chi connectivity index (χ0) is 14.5. The van der Waals surface area contributed by atoms with Gasteiger partial charge >= 0.3 is 0 Å². The predicted molar refractivity (Wildman–Crippen MR) is 76.3 cm³/mol. The first-order chi connectivity index (χ1) is 9.61. The number of nitrogens with zero attached hydrogens (tertiary/aromatic N) is 3. The minimum atomic E-state index is -0.297. The lowest BCUT2D eigenvalue weighted by molar-refractivity contribution is -0.122. The summed E-state index contributed by atoms with van der Waals surface area (Å²) in [5, 5.41) is 11.0. The first-order valence-corrected chi connectivity index (χ1v) is 6.73. The molecule has 6 nitrogen and oxygen atoms in total. The van der Waals surface area contributed by atoms with Gasteiger partial charge < -0.3 is 5.32 Å². The number of hydrogen-bond donors (Lipinski definition) is 1. The van der Waals surface area contributed by atoms with Crippen LogP contribution in [-0.4, -0.2) is 26.9 Å². The number of nitrogens with one attached hydrogen (secondary N) is 1. The molecular weight excluding hydrogens is 256 g/mol. The molecule has 0 saturated carbocycles. The van der Waals surface area contributed by atoms with Gasteiger partial charge in [-0.25, -0.2) is 4.68 Å². The van der Waals surface area contributed by atoms with Crippen molar-refractivity contribution in [3.05, 3.63) is 34.6 Å². The molecule has 0 aliphatic heterocycles. The zero-order valence-electron chi connectivity index (χ0n) is 11.7. The first-order valence-electron chi connectivity index (χ1n) is 6.73. The molecule has 0 aliphatic carbocycles. The molecule has 0 spiro atoms. The van der Waals surface area contributed by atoms with Gasteiger partial charge in [-0.1, -0.05) is 30.7 Å². The van der Waals surface area contributed by atoms with E-state index in [4.69, 9.17) is 0 Å². The number of carbonyl (C=O) groups excluding carboxylic acids is 1. The molecule has 2 aromatic rings. The van der Waals surface area contributed by atoms with Gasteiger partial charge in [0.2, 0.25) is 5.91 Å². The summed E-state index contributed by atoms with van der Waals surface area (Å²) in [5.74, 6) is -0.224. The standard InChI is InChI=1S/C14H18N4O2/c1-3-6-10(2)15-13(19)9-18-14(20)11-7-4-5-8-12(11)16-17-18/h4-5,7-8,10H,3,6,9H2,1-2H3,(H,15,19)/t10-/m0/s1. The second-order valence-corrected chi connectivity index (χ2v) is 4.83. The van der Waals surface area contributed by atoms with E-state index in [0.29, 0.717) is 10.9 Å². The van der Waals surface area contributed by atoms with E-state index in [1.165, 1.54) is 0 Å². The number of hydrogen-bond acceptors (Lipinski definition) is 4. The van der Waals surface area contributed by atoms with Crippen LogP contribution in [0.2, 0.25) is 0 Å². The number of aromatic nitrogens is 3. The van der Waals surface area contributed by atoms with Crippen molar-refractivity contribution < 1.29 is 4.79 Å². The maximum Gasteiger partial charge on any atom is 0.278 e. The van der Waals surface area contributed by atoms with Gasteiger partial charge in [-0.15, -0.1) is 5.10 Å². The highest BCUT2D eigenvalue weighted by Crippen LogP contribution is 2.03. The van der Waals surface area contributed by atoms with Gasteiger partial charge in [0.25, 0.3) is 5.56 Å². The summed E-state index contributed by atoms with van der Waals surface area (Å²) < 4.78 is 1.09. The van der Waals surface area contributed by atoms with Crippen molar-refractivity contribution in [3.8, 4) is 0 Å². The number of rotatable bonds is 5. The molecule has 0 unspecified atom stereocenters. The second-order valence-electron chi connectivity index (χ2n) is 4.83. The molecule has 1 aromatic carbocycles. The topological polar surface area (TPSA) is 76.9 Å². The van der Waals surface area contributed by atoms with E-state index in [9.17, 15) is 9.59 Å². The van der Waals surface area contributed by atoms with E-state index in [0.717, 1.165) is 17.5 Å². The van der Waals surface area contributed by atoms with Crippen LogP contribution in [0.5, 0.6) is 0 Å². The number of fused-ring (bicyclic) bond motifs is 1. The van der Waals surface area contributed by atoms with Gasteiger partial charge in [0.05, 0.1) is 5.39 Å². The molecule has 1 atom stereocenters. The summed E-state index contributed by atoms with van der Waals surface area (Å²) in [4.78, 5) is 24.0. The average Bonchev–Trinajstić information content (AvgIpc) is 2.42. The van der Waals surface area contributed by atoms with Crippen molar-refractivity contribution in [2.75, 3.05) is 0 Å². The minimum absolute atomic E-state index is 0.0941. The molecule has 6 heteroatoms. The monoisotopic (exact) mass is 274 g/mol. The summed E-state index contributed by atoms with van der Waals surface area (Å²) in [7, 11) is 0. The van der Waals surface area contributed by atoms with E-state index in [1.54, 1.807) is 24.3 Å². The summed E-state index contributed by atoms with van der Waals surface area (Å²) in [6.45, 7) is 3.89. The van der Waals surface area contributed by atoms with Gasteiger partial charge in [0.1, 0.15) is 12.1 Å². The molecule has 2 rings (SSSR count). The molecule has 0 fully saturated rings. The van der Waals surface area contributed by atoms with Crippen LogP contribution in [0, 0.1) is 0 Å². The summed E-state index contributed by atoms with van der Waals surface area (Å²) in [6, 6.07) is 7.05. The molecular formula is C14H18N4O2. The molecule has 20 heavy (non-hydrogen) atoms. The third-order valence-electron chi connectivity index (χ3n) is 3.05. The van der Waals surface area contributed by atoms with Crippen LogP contribution in [0.15, 0.2) is 29.1 Å². The van der Waals surface area contributed by atoms with Crippen LogP contribution in [0.3, 0.4) is 0 Å². The van der Waals surface area contributed by atoms with Crippen molar-refractivity contribution in [2.24, 2.45) is 0 Å². The number of carbonyl (C=O) groups is 1. The summed E-state index contributed by atoms with van der Waals surface area (Å²) in [5.41, 5.74) is 0.238. The number of benzene rings is 1. The number of amides is 1. The van der Waals surface area contributed by atoms with Crippen LogP contribution in [-0.2, 0) is 11.3 Å². The largest absolute Gasteiger partial charge is 0.352 e. The summed E-state index contributed by atoms with van der Waals surface area (Å²) in [6.07, 6.45) is 1.90. The van der Waals surface area contributed by atoms with Gasteiger partial charge in [-0.3, -0.25) is 9.59 Å². The van der Waals surface area contributed by atoms with Crippen LogP contribution >= 0.6 is 0 Å². The highest BCUT2D eigenvalue weighted by molar-refractivity contribution is 5.78. The Labute approximate surface area is 116 Å². The maximum absolute atomic E-state index is 12.2. The molecule has 1 amide bonds. The van der Waals surface area contributed by atoms with Crippen molar-refractivity contribution in [1.82, 2.24) is 20.3 Å². The Morgan fingerprint density at radius 3 is 2.90 bits per heavy atom. The molecule has 1 heterocycles. The summed E-state index contributed by atoms with van der Waals surface area (Å²) >= 11 is 0. The average molecular weight is 274 g/mol. The molecule has 0 aliphatic rings. The van der Waals surface area contributed by atoms with Crippen LogP contribution in [0.1, 0.15) is 26.7 Å². The van der Waals surface area contributed by atoms with Crippen LogP contribution in [0.25, 0.3) is 10.9 Å². The fourth-order valence-corrected chi connectivity index (χ4v) is 2.09. The Bertz CT molecular complexity index is 666. The Kier molecular flexibility index (Phi) is 4.45. The molecule has 1 aromatic heterocycles. The highest BCUT2D eigenvalue weighted by Gasteiger charge is 2.11. The highest BCUT2D eigenvalue weighted by atomic mass is 16.2. The Morgan fingerprint density at radius 2 is 2.15 bits per heavy atom. The van der Waals surface area contributed by atoms with E-state index < -0.39 is 0 Å². The minimum Gasteiger partial charge on any atom is -0.352 e. The molecule has 0 bridgehead atoms.